The van der Waals surface area contributed by atoms with Crippen molar-refractivity contribution in [1.29, 1.82) is 0 Å². The maximum Gasteiger partial charge on any atom is 0.123 e. The highest BCUT2D eigenvalue weighted by molar-refractivity contribution is 5.77. The zero-order valence-electron chi connectivity index (χ0n) is 13.2. The molecule has 3 nitrogen and oxygen atoms in total. The van der Waals surface area contributed by atoms with Crippen molar-refractivity contribution < 1.29 is 14.2 Å². The van der Waals surface area contributed by atoms with E-state index in [4.69, 9.17) is 14.2 Å². The lowest BCUT2D eigenvalue weighted by Gasteiger charge is -2.38. The first kappa shape index (κ1) is 13.2. The minimum Gasteiger partial charge on any atom is -0.497 e. The minimum atomic E-state index is 0.193. The van der Waals surface area contributed by atoms with Gasteiger partial charge in [0.2, 0.25) is 0 Å². The van der Waals surface area contributed by atoms with Crippen molar-refractivity contribution in [3.05, 3.63) is 65.2 Å². The maximum absolute atomic E-state index is 6.28. The zero-order chi connectivity index (χ0) is 15.6. The van der Waals surface area contributed by atoms with Gasteiger partial charge in [0, 0.05) is 17.9 Å². The fourth-order valence-corrected chi connectivity index (χ4v) is 4.32. The van der Waals surface area contributed by atoms with Crippen LogP contribution in [0.25, 0.3) is 5.57 Å². The molecule has 2 aromatic carbocycles. The van der Waals surface area contributed by atoms with Crippen LogP contribution in [0.4, 0.5) is 0 Å². The Kier molecular flexibility index (Phi) is 2.65. The highest BCUT2D eigenvalue weighted by Gasteiger charge is 2.56. The summed E-state index contributed by atoms with van der Waals surface area (Å²) in [6.07, 6.45) is 2.79. The SMILES string of the molecule is COc1cc(OC)cc(C2=CC3C4OC(c5ccccc54)C23)c1. The van der Waals surface area contributed by atoms with Crippen molar-refractivity contribution in [3.63, 3.8) is 0 Å². The van der Waals surface area contributed by atoms with Gasteiger partial charge in [0.05, 0.1) is 26.4 Å². The van der Waals surface area contributed by atoms with Crippen LogP contribution in [0, 0.1) is 11.8 Å². The van der Waals surface area contributed by atoms with E-state index >= 15 is 0 Å². The molecule has 0 radical (unpaired) electrons. The molecule has 1 saturated heterocycles. The summed E-state index contributed by atoms with van der Waals surface area (Å²) in [5, 5.41) is 0. The first-order valence-corrected chi connectivity index (χ1v) is 7.99. The Bertz CT molecular complexity index is 801. The smallest absolute Gasteiger partial charge is 0.123 e. The molecule has 3 heteroatoms. The Labute approximate surface area is 135 Å². The van der Waals surface area contributed by atoms with E-state index in [0.717, 1.165) is 11.5 Å². The van der Waals surface area contributed by atoms with Gasteiger partial charge in [0.25, 0.3) is 0 Å². The van der Waals surface area contributed by atoms with Gasteiger partial charge in [-0.2, -0.15) is 0 Å². The summed E-state index contributed by atoms with van der Waals surface area (Å²) < 4.78 is 17.1. The molecule has 2 bridgehead atoms. The second-order valence-corrected chi connectivity index (χ2v) is 6.43. The predicted octanol–water partition coefficient (Wildman–Crippen LogP) is 4.16. The zero-order valence-corrected chi connectivity index (χ0v) is 13.2. The van der Waals surface area contributed by atoms with Gasteiger partial charge < -0.3 is 14.2 Å². The second kappa shape index (κ2) is 4.62. The van der Waals surface area contributed by atoms with Crippen molar-refractivity contribution >= 4 is 5.57 Å². The molecular formula is C20H18O3. The average molecular weight is 306 g/mol. The van der Waals surface area contributed by atoms with Crippen LogP contribution in [0.3, 0.4) is 0 Å². The standard InChI is InChI=1S/C20H18O3/c1-21-12-7-11(8-13(9-12)22-2)16-10-17-18(16)20-15-6-4-3-5-14(15)19(17)23-20/h3-10,17-20H,1-2H3. The number of rotatable bonds is 3. The summed E-state index contributed by atoms with van der Waals surface area (Å²) in [4.78, 5) is 0. The Hall–Kier alpha value is -2.26. The third-order valence-electron chi connectivity index (χ3n) is 5.41. The normalized spacial score (nSPS) is 29.4. The van der Waals surface area contributed by atoms with E-state index in [9.17, 15) is 0 Å². The van der Waals surface area contributed by atoms with Crippen LogP contribution in [0.5, 0.6) is 11.5 Å². The number of hydrogen-bond donors (Lipinski definition) is 0. The molecule has 2 aliphatic heterocycles. The molecule has 2 heterocycles. The van der Waals surface area contributed by atoms with Crippen LogP contribution < -0.4 is 9.47 Å². The van der Waals surface area contributed by atoms with E-state index in [1.54, 1.807) is 14.2 Å². The topological polar surface area (TPSA) is 27.7 Å². The molecule has 0 amide bonds. The fraction of sp³-hybridized carbons (Fsp3) is 0.300. The molecule has 23 heavy (non-hydrogen) atoms. The number of hydrogen-bond acceptors (Lipinski definition) is 3. The maximum atomic E-state index is 6.28. The number of ether oxygens (including phenoxy) is 3. The molecule has 5 rings (SSSR count). The Balaban J connectivity index is 1.55. The molecule has 3 aliphatic rings. The van der Waals surface area contributed by atoms with Gasteiger partial charge in [-0.1, -0.05) is 30.3 Å². The van der Waals surface area contributed by atoms with Gasteiger partial charge in [-0.15, -0.1) is 0 Å². The summed E-state index contributed by atoms with van der Waals surface area (Å²) in [6, 6.07) is 14.7. The molecule has 0 aromatic heterocycles. The van der Waals surface area contributed by atoms with Crippen LogP contribution in [0.1, 0.15) is 28.9 Å². The van der Waals surface area contributed by atoms with Crippen molar-refractivity contribution in [3.8, 4) is 11.5 Å². The fourth-order valence-electron chi connectivity index (χ4n) is 4.32. The average Bonchev–Trinajstić information content (AvgIpc) is 3.06. The Morgan fingerprint density at radius 3 is 2.17 bits per heavy atom. The highest BCUT2D eigenvalue weighted by Crippen LogP contribution is 2.66. The van der Waals surface area contributed by atoms with Gasteiger partial charge in [-0.25, -0.2) is 0 Å². The van der Waals surface area contributed by atoms with Gasteiger partial charge in [-0.05, 0) is 34.4 Å². The van der Waals surface area contributed by atoms with Crippen LogP contribution in [0.2, 0.25) is 0 Å². The summed E-state index contributed by atoms with van der Waals surface area (Å²) in [5.74, 6) is 2.61. The molecular weight excluding hydrogens is 288 g/mol. The van der Waals surface area contributed by atoms with Crippen molar-refractivity contribution in [2.75, 3.05) is 14.2 Å². The van der Waals surface area contributed by atoms with E-state index in [1.165, 1.54) is 22.3 Å². The largest absolute Gasteiger partial charge is 0.497 e. The number of fused-ring (bicyclic) bond motifs is 8. The summed E-state index contributed by atoms with van der Waals surface area (Å²) in [5.41, 5.74) is 5.27. The highest BCUT2D eigenvalue weighted by atomic mass is 16.5. The van der Waals surface area contributed by atoms with Gasteiger partial charge in [-0.3, -0.25) is 0 Å². The lowest BCUT2D eigenvalue weighted by Crippen LogP contribution is -2.29. The Morgan fingerprint density at radius 2 is 1.52 bits per heavy atom. The second-order valence-electron chi connectivity index (χ2n) is 6.43. The quantitative estimate of drug-likeness (QED) is 0.852. The molecule has 4 atom stereocenters. The first-order valence-electron chi connectivity index (χ1n) is 7.99. The van der Waals surface area contributed by atoms with E-state index in [0.29, 0.717) is 11.8 Å². The summed E-state index contributed by atoms with van der Waals surface area (Å²) >= 11 is 0. The third kappa shape index (κ3) is 1.68. The van der Waals surface area contributed by atoms with Crippen molar-refractivity contribution in [2.24, 2.45) is 11.8 Å². The molecule has 1 fully saturated rings. The van der Waals surface area contributed by atoms with Crippen LogP contribution >= 0.6 is 0 Å². The van der Waals surface area contributed by atoms with E-state index < -0.39 is 0 Å². The number of methoxy groups -OCH3 is 2. The van der Waals surface area contributed by atoms with Crippen molar-refractivity contribution in [1.82, 2.24) is 0 Å². The molecule has 0 saturated carbocycles. The molecule has 2 aromatic rings. The monoisotopic (exact) mass is 306 g/mol. The van der Waals surface area contributed by atoms with Crippen LogP contribution in [-0.4, -0.2) is 14.2 Å². The van der Waals surface area contributed by atoms with E-state index in [2.05, 4.69) is 42.5 Å². The Morgan fingerprint density at radius 1 is 0.870 bits per heavy atom. The first-order chi connectivity index (χ1) is 11.3. The summed E-state index contributed by atoms with van der Waals surface area (Å²) in [7, 11) is 3.38. The molecule has 1 aliphatic carbocycles. The van der Waals surface area contributed by atoms with Gasteiger partial charge >= 0.3 is 0 Å². The lowest BCUT2D eigenvalue weighted by atomic mass is 9.63. The predicted molar refractivity (Wildman–Crippen MR) is 87.5 cm³/mol. The number of benzene rings is 2. The van der Waals surface area contributed by atoms with Crippen LogP contribution in [0.15, 0.2) is 48.5 Å². The van der Waals surface area contributed by atoms with Gasteiger partial charge in [0.15, 0.2) is 0 Å². The van der Waals surface area contributed by atoms with Crippen molar-refractivity contribution in [2.45, 2.75) is 12.2 Å². The van der Waals surface area contributed by atoms with Gasteiger partial charge in [0.1, 0.15) is 11.5 Å². The van der Waals surface area contributed by atoms with E-state index in [1.807, 2.05) is 6.07 Å². The van der Waals surface area contributed by atoms with Crippen LogP contribution in [-0.2, 0) is 4.74 Å². The molecule has 116 valence electrons. The molecule has 0 spiro atoms. The molecule has 4 unspecified atom stereocenters. The third-order valence-corrected chi connectivity index (χ3v) is 5.41. The van der Waals surface area contributed by atoms with E-state index in [-0.39, 0.29) is 12.2 Å². The minimum absolute atomic E-state index is 0.193. The summed E-state index contributed by atoms with van der Waals surface area (Å²) in [6.45, 7) is 0. The molecule has 0 N–H and O–H groups in total. The lowest BCUT2D eigenvalue weighted by molar-refractivity contribution is 0.0626.